The SMILES string of the molecule is CC1c2ccsc2CCN1c1ccc(C(=O)O)cc1Cl. The lowest BCUT2D eigenvalue weighted by atomic mass is 10.0. The van der Waals surface area contributed by atoms with Gasteiger partial charge in [0, 0.05) is 11.4 Å². The van der Waals surface area contributed by atoms with Crippen LogP contribution in [0.25, 0.3) is 0 Å². The Morgan fingerprint density at radius 2 is 2.25 bits per heavy atom. The van der Waals surface area contributed by atoms with Gasteiger partial charge in [-0.05, 0) is 48.6 Å². The summed E-state index contributed by atoms with van der Waals surface area (Å²) in [4.78, 5) is 14.6. The average molecular weight is 308 g/mol. The second-order valence-corrected chi connectivity index (χ2v) is 6.30. The molecule has 0 saturated heterocycles. The maximum Gasteiger partial charge on any atom is 0.335 e. The van der Waals surface area contributed by atoms with Crippen LogP contribution in [0.2, 0.25) is 5.02 Å². The number of carboxylic acids is 1. The normalized spacial score (nSPS) is 17.9. The van der Waals surface area contributed by atoms with Gasteiger partial charge in [-0.25, -0.2) is 4.79 Å². The zero-order valence-electron chi connectivity index (χ0n) is 11.0. The predicted molar refractivity (Wildman–Crippen MR) is 82.2 cm³/mol. The van der Waals surface area contributed by atoms with Crippen molar-refractivity contribution in [2.75, 3.05) is 11.4 Å². The van der Waals surface area contributed by atoms with Gasteiger partial charge in [0.05, 0.1) is 22.3 Å². The average Bonchev–Trinajstić information content (AvgIpc) is 2.89. The first kappa shape index (κ1) is 13.5. The maximum atomic E-state index is 11.0. The smallest absolute Gasteiger partial charge is 0.335 e. The molecule has 0 bridgehead atoms. The second-order valence-electron chi connectivity index (χ2n) is 4.89. The number of rotatable bonds is 2. The van der Waals surface area contributed by atoms with E-state index in [0.29, 0.717) is 5.02 Å². The lowest BCUT2D eigenvalue weighted by Crippen LogP contribution is -2.33. The molecule has 1 atom stereocenters. The predicted octanol–water partition coefficient (Wildman–Crippen LogP) is 4.22. The van der Waals surface area contributed by atoms with Gasteiger partial charge in [-0.2, -0.15) is 0 Å². The van der Waals surface area contributed by atoms with E-state index in [1.54, 1.807) is 23.5 Å². The number of nitrogens with zero attached hydrogens (tertiary/aromatic N) is 1. The van der Waals surface area contributed by atoms with Crippen LogP contribution < -0.4 is 4.90 Å². The molecule has 1 aromatic heterocycles. The Kier molecular flexibility index (Phi) is 3.44. The number of anilines is 1. The van der Waals surface area contributed by atoms with E-state index >= 15 is 0 Å². The summed E-state index contributed by atoms with van der Waals surface area (Å²) in [6, 6.07) is 7.36. The Balaban J connectivity index is 1.96. The van der Waals surface area contributed by atoms with Gasteiger partial charge in [0.2, 0.25) is 0 Å². The van der Waals surface area contributed by atoms with Crippen LogP contribution in [-0.4, -0.2) is 17.6 Å². The van der Waals surface area contributed by atoms with E-state index in [4.69, 9.17) is 16.7 Å². The van der Waals surface area contributed by atoms with Crippen LogP contribution in [0, 0.1) is 0 Å². The molecular formula is C15H14ClNO2S. The fourth-order valence-corrected chi connectivity index (χ4v) is 3.96. The molecule has 0 radical (unpaired) electrons. The van der Waals surface area contributed by atoms with Crippen LogP contribution in [0.3, 0.4) is 0 Å². The van der Waals surface area contributed by atoms with Crippen molar-refractivity contribution < 1.29 is 9.90 Å². The summed E-state index contributed by atoms with van der Waals surface area (Å²) >= 11 is 8.07. The lowest BCUT2D eigenvalue weighted by molar-refractivity contribution is 0.0697. The fraction of sp³-hybridized carbons (Fsp3) is 0.267. The summed E-state index contributed by atoms with van der Waals surface area (Å²) in [5, 5.41) is 11.6. The van der Waals surface area contributed by atoms with Gasteiger partial charge < -0.3 is 10.0 Å². The van der Waals surface area contributed by atoms with Gasteiger partial charge in [-0.3, -0.25) is 0 Å². The zero-order valence-corrected chi connectivity index (χ0v) is 12.5. The summed E-state index contributed by atoms with van der Waals surface area (Å²) in [7, 11) is 0. The Labute approximate surface area is 126 Å². The number of benzene rings is 1. The summed E-state index contributed by atoms with van der Waals surface area (Å²) in [5.74, 6) is -0.953. The molecule has 0 saturated carbocycles. The van der Waals surface area contributed by atoms with Crippen LogP contribution in [0.1, 0.15) is 33.8 Å². The first-order chi connectivity index (χ1) is 9.58. The summed E-state index contributed by atoms with van der Waals surface area (Å²) < 4.78 is 0. The third-order valence-electron chi connectivity index (χ3n) is 3.78. The number of carboxylic acid groups (broad SMARTS) is 1. The van der Waals surface area contributed by atoms with Crippen LogP contribution in [0.15, 0.2) is 29.6 Å². The van der Waals surface area contributed by atoms with E-state index in [0.717, 1.165) is 18.7 Å². The van der Waals surface area contributed by atoms with E-state index in [1.807, 2.05) is 0 Å². The molecule has 20 heavy (non-hydrogen) atoms. The first-order valence-corrected chi connectivity index (χ1v) is 7.69. The summed E-state index contributed by atoms with van der Waals surface area (Å²) in [6.07, 6.45) is 1.01. The van der Waals surface area contributed by atoms with Crippen LogP contribution in [0.4, 0.5) is 5.69 Å². The van der Waals surface area contributed by atoms with Crippen molar-refractivity contribution in [3.63, 3.8) is 0 Å². The molecule has 3 rings (SSSR count). The Bertz CT molecular complexity index is 668. The molecule has 0 aliphatic carbocycles. The molecule has 0 fully saturated rings. The van der Waals surface area contributed by atoms with Crippen LogP contribution >= 0.6 is 22.9 Å². The highest BCUT2D eigenvalue weighted by Gasteiger charge is 2.26. The van der Waals surface area contributed by atoms with Gasteiger partial charge in [0.15, 0.2) is 0 Å². The third kappa shape index (κ3) is 2.19. The summed E-state index contributed by atoms with van der Waals surface area (Å²) in [5.41, 5.74) is 2.47. The second kappa shape index (κ2) is 5.11. The molecule has 1 aliphatic heterocycles. The highest BCUT2D eigenvalue weighted by Crippen LogP contribution is 2.38. The lowest BCUT2D eigenvalue weighted by Gasteiger charge is -2.36. The summed E-state index contributed by atoms with van der Waals surface area (Å²) in [6.45, 7) is 3.06. The first-order valence-electron chi connectivity index (χ1n) is 6.43. The molecule has 104 valence electrons. The van der Waals surface area contributed by atoms with E-state index in [2.05, 4.69) is 23.3 Å². The molecule has 1 aromatic carbocycles. The van der Waals surface area contributed by atoms with Crippen molar-refractivity contribution in [2.45, 2.75) is 19.4 Å². The van der Waals surface area contributed by atoms with E-state index in [1.165, 1.54) is 16.5 Å². The molecule has 0 spiro atoms. The van der Waals surface area contributed by atoms with Crippen molar-refractivity contribution in [3.8, 4) is 0 Å². The minimum atomic E-state index is -0.953. The highest BCUT2D eigenvalue weighted by atomic mass is 35.5. The molecule has 3 nitrogen and oxygen atoms in total. The fourth-order valence-electron chi connectivity index (χ4n) is 2.71. The number of thiophene rings is 1. The van der Waals surface area contributed by atoms with E-state index < -0.39 is 5.97 Å². The third-order valence-corrected chi connectivity index (χ3v) is 5.08. The van der Waals surface area contributed by atoms with Gasteiger partial charge in [-0.15, -0.1) is 11.3 Å². The topological polar surface area (TPSA) is 40.5 Å². The van der Waals surface area contributed by atoms with Crippen molar-refractivity contribution in [1.29, 1.82) is 0 Å². The number of carbonyl (C=O) groups is 1. The Hall–Kier alpha value is -1.52. The molecule has 1 aliphatic rings. The van der Waals surface area contributed by atoms with Crippen molar-refractivity contribution in [3.05, 3.63) is 50.7 Å². The van der Waals surface area contributed by atoms with Gasteiger partial charge >= 0.3 is 5.97 Å². The minimum Gasteiger partial charge on any atom is -0.478 e. The molecule has 1 N–H and O–H groups in total. The number of halogens is 1. The number of hydrogen-bond acceptors (Lipinski definition) is 3. The van der Waals surface area contributed by atoms with E-state index in [-0.39, 0.29) is 11.6 Å². The van der Waals surface area contributed by atoms with Gasteiger partial charge in [0.25, 0.3) is 0 Å². The standard InChI is InChI=1S/C15H14ClNO2S/c1-9-11-5-7-20-14(11)4-6-17(9)13-3-2-10(15(18)19)8-12(13)16/h2-3,5,7-9H,4,6H2,1H3,(H,18,19). The van der Waals surface area contributed by atoms with Crippen LogP contribution in [-0.2, 0) is 6.42 Å². The Morgan fingerprint density at radius 3 is 2.95 bits per heavy atom. The van der Waals surface area contributed by atoms with E-state index in [9.17, 15) is 4.79 Å². The highest BCUT2D eigenvalue weighted by molar-refractivity contribution is 7.10. The largest absolute Gasteiger partial charge is 0.478 e. The maximum absolute atomic E-state index is 11.0. The molecule has 5 heteroatoms. The quantitative estimate of drug-likeness (QED) is 0.903. The molecule has 0 amide bonds. The zero-order chi connectivity index (χ0) is 14.3. The monoisotopic (exact) mass is 307 g/mol. The minimum absolute atomic E-state index is 0.222. The van der Waals surface area contributed by atoms with Crippen molar-refractivity contribution in [2.24, 2.45) is 0 Å². The van der Waals surface area contributed by atoms with Gasteiger partial charge in [-0.1, -0.05) is 11.6 Å². The van der Waals surface area contributed by atoms with Crippen LogP contribution in [0.5, 0.6) is 0 Å². The number of fused-ring (bicyclic) bond motifs is 1. The Morgan fingerprint density at radius 1 is 1.45 bits per heavy atom. The van der Waals surface area contributed by atoms with Gasteiger partial charge in [0.1, 0.15) is 0 Å². The molecule has 1 unspecified atom stereocenters. The molecule has 2 aromatic rings. The molecular weight excluding hydrogens is 294 g/mol. The number of aromatic carboxylic acids is 1. The van der Waals surface area contributed by atoms with Crippen molar-refractivity contribution in [1.82, 2.24) is 0 Å². The number of hydrogen-bond donors (Lipinski definition) is 1. The van der Waals surface area contributed by atoms with Crippen molar-refractivity contribution >= 4 is 34.6 Å². The molecule has 2 heterocycles.